The van der Waals surface area contributed by atoms with E-state index in [1.807, 2.05) is 41.5 Å². The van der Waals surface area contributed by atoms with Crippen LogP contribution in [0, 0.1) is 52.9 Å². The lowest BCUT2D eigenvalue weighted by Crippen LogP contribution is -2.08. The average molecular weight is 319 g/mol. The van der Waals surface area contributed by atoms with E-state index in [0.717, 1.165) is 33.9 Å². The van der Waals surface area contributed by atoms with E-state index < -0.39 is 0 Å². The zero-order valence-corrected chi connectivity index (χ0v) is 14.7. The quantitative estimate of drug-likeness (QED) is 0.491. The third-order valence-corrected chi connectivity index (χ3v) is 4.15. The molecule has 0 aromatic carbocycles. The normalized spacial score (nSPS) is 11.7. The molecule has 2 aromatic heterocycles. The minimum Gasteiger partial charge on any atom is -0.564 e. The molecule has 7 heteroatoms. The Labute approximate surface area is 143 Å². The van der Waals surface area contributed by atoms with Crippen LogP contribution in [0.3, 0.4) is 0 Å². The van der Waals surface area contributed by atoms with Crippen molar-refractivity contribution in [3.05, 3.63) is 45.6 Å². The van der Waals surface area contributed by atoms with E-state index in [9.17, 15) is 5.26 Å². The van der Waals surface area contributed by atoms with Crippen LogP contribution in [0.4, 0.5) is 0 Å². The highest BCUT2D eigenvalue weighted by Gasteiger charge is 2.19. The van der Waals surface area contributed by atoms with Gasteiger partial charge in [-0.1, -0.05) is 0 Å². The second-order valence-corrected chi connectivity index (χ2v) is 5.62. The van der Waals surface area contributed by atoms with Crippen molar-refractivity contribution in [1.29, 1.82) is 5.26 Å². The van der Waals surface area contributed by atoms with E-state index in [2.05, 4.69) is 26.0 Å². The Morgan fingerprint density at radius 2 is 1.17 bits per heavy atom. The minimum atomic E-state index is 0.0614. The van der Waals surface area contributed by atoms with Gasteiger partial charge in [0, 0.05) is 22.8 Å². The molecule has 0 amide bonds. The van der Waals surface area contributed by atoms with Gasteiger partial charge >= 0.3 is 8.05 Å². The topological polar surface area (TPSA) is 84.6 Å². The maximum atomic E-state index is 9.61. The molecule has 0 fully saturated rings. The Morgan fingerprint density at radius 1 is 0.792 bits per heavy atom. The fourth-order valence-electron chi connectivity index (χ4n) is 2.18. The zero-order valence-electron chi connectivity index (χ0n) is 14.7. The molecule has 0 N–H and O–H groups in total. The molecule has 2 radical (unpaired) electrons. The van der Waals surface area contributed by atoms with Gasteiger partial charge < -0.3 is 4.65 Å². The fourth-order valence-corrected chi connectivity index (χ4v) is 2.18. The smallest absolute Gasteiger partial charge is 0.374 e. The summed E-state index contributed by atoms with van der Waals surface area (Å²) in [5.41, 5.74) is 5.23. The monoisotopic (exact) mass is 319 g/mol. The van der Waals surface area contributed by atoms with Crippen LogP contribution in [0.2, 0.25) is 0 Å². The van der Waals surface area contributed by atoms with Crippen molar-refractivity contribution in [1.82, 2.24) is 19.9 Å². The number of aryl methyl sites for hydroxylation is 4. The van der Waals surface area contributed by atoms with Gasteiger partial charge in [-0.3, -0.25) is 0 Å². The van der Waals surface area contributed by atoms with Gasteiger partial charge in [-0.15, -0.1) is 0 Å². The second-order valence-electron chi connectivity index (χ2n) is 5.62. The van der Waals surface area contributed by atoms with E-state index in [0.29, 0.717) is 0 Å². The summed E-state index contributed by atoms with van der Waals surface area (Å²) in [6.45, 7) is 11.3. The molecule has 0 saturated carbocycles. The van der Waals surface area contributed by atoms with E-state index in [4.69, 9.17) is 12.7 Å². The number of aromatic nitrogens is 4. The molecule has 0 bridgehead atoms. The molecule has 0 unspecified atom stereocenters. The van der Waals surface area contributed by atoms with E-state index >= 15 is 0 Å². The highest BCUT2D eigenvalue weighted by atomic mass is 16.4. The summed E-state index contributed by atoms with van der Waals surface area (Å²) in [7, 11) is 5.42. The molecular weight excluding hydrogens is 301 g/mol. The van der Waals surface area contributed by atoms with E-state index in [1.165, 1.54) is 0 Å². The molecule has 0 atom stereocenters. The highest BCUT2D eigenvalue weighted by molar-refractivity contribution is 6.05. The van der Waals surface area contributed by atoms with Crippen molar-refractivity contribution in [2.24, 2.45) is 0 Å². The van der Waals surface area contributed by atoms with Crippen molar-refractivity contribution in [2.45, 2.75) is 41.5 Å². The van der Waals surface area contributed by atoms with Crippen LogP contribution in [-0.4, -0.2) is 28.0 Å². The fraction of sp³-hybridized carbons (Fsp3) is 0.353. The van der Waals surface area contributed by atoms with Crippen molar-refractivity contribution in [2.75, 3.05) is 0 Å². The summed E-state index contributed by atoms with van der Waals surface area (Å²) in [5, 5.41) is 9.61. The number of nitriles is 1. The standard InChI is InChI=1S/C17H18BN5O/c1-8-10(3)20-16(21-11(8)4)14(7-19)15(24-18)17-22-12(5)9(2)13(6)23-17/h1-6H3. The molecular formula is C17H18BN5O. The van der Waals surface area contributed by atoms with Gasteiger partial charge in [0.1, 0.15) is 11.6 Å². The Bertz CT molecular complexity index is 837. The van der Waals surface area contributed by atoms with Crippen LogP contribution in [-0.2, 0) is 4.65 Å². The first kappa shape index (κ1) is 17.6. The van der Waals surface area contributed by atoms with Crippen LogP contribution in [0.5, 0.6) is 0 Å². The first-order chi connectivity index (χ1) is 11.3. The summed E-state index contributed by atoms with van der Waals surface area (Å²) in [4.78, 5) is 17.5. The SMILES string of the molecule is [B]OC(=C(C#N)c1nc(C)c(C)c(C)n1)c1nc(C)c(C)c(C)n1. The first-order valence-corrected chi connectivity index (χ1v) is 7.45. The molecule has 24 heavy (non-hydrogen) atoms. The maximum Gasteiger partial charge on any atom is 0.374 e. The van der Waals surface area contributed by atoms with Gasteiger partial charge in [0.15, 0.2) is 17.4 Å². The largest absolute Gasteiger partial charge is 0.564 e. The zero-order chi connectivity index (χ0) is 18.0. The summed E-state index contributed by atoms with van der Waals surface area (Å²) in [6, 6.07) is 2.06. The molecule has 0 aliphatic carbocycles. The molecule has 2 aromatic rings. The van der Waals surface area contributed by atoms with Gasteiger partial charge in [-0.25, -0.2) is 19.9 Å². The third-order valence-electron chi connectivity index (χ3n) is 4.15. The third kappa shape index (κ3) is 3.13. The molecule has 6 nitrogen and oxygen atoms in total. The van der Waals surface area contributed by atoms with Crippen molar-refractivity contribution in [3.63, 3.8) is 0 Å². The Hall–Kier alpha value is -2.75. The maximum absolute atomic E-state index is 9.61. The number of allylic oxidation sites excluding steroid dienone is 1. The first-order valence-electron chi connectivity index (χ1n) is 7.45. The summed E-state index contributed by atoms with van der Waals surface area (Å²) in [5.74, 6) is 0.554. The van der Waals surface area contributed by atoms with Gasteiger partial charge in [-0.2, -0.15) is 5.26 Å². The van der Waals surface area contributed by atoms with E-state index in [-0.39, 0.29) is 23.0 Å². The van der Waals surface area contributed by atoms with Gasteiger partial charge in [0.2, 0.25) is 0 Å². The number of rotatable bonds is 3. The van der Waals surface area contributed by atoms with Crippen molar-refractivity contribution in [3.8, 4) is 6.07 Å². The van der Waals surface area contributed by atoms with Crippen molar-refractivity contribution >= 4 is 19.4 Å². The molecule has 120 valence electrons. The Morgan fingerprint density at radius 3 is 1.50 bits per heavy atom. The lowest BCUT2D eigenvalue weighted by molar-refractivity contribution is 0.564. The molecule has 0 spiro atoms. The molecule has 2 heterocycles. The van der Waals surface area contributed by atoms with Crippen LogP contribution >= 0.6 is 0 Å². The molecule has 0 aliphatic heterocycles. The highest BCUT2D eigenvalue weighted by Crippen LogP contribution is 2.24. The van der Waals surface area contributed by atoms with Gasteiger partial charge in [0.05, 0.1) is 0 Å². The molecule has 2 rings (SSSR count). The van der Waals surface area contributed by atoms with Crippen LogP contribution in [0.25, 0.3) is 11.3 Å². The van der Waals surface area contributed by atoms with Crippen LogP contribution in [0.15, 0.2) is 0 Å². The number of hydrogen-bond acceptors (Lipinski definition) is 6. The summed E-state index contributed by atoms with van der Waals surface area (Å²) < 4.78 is 4.96. The second kappa shape index (κ2) is 6.79. The Kier molecular flexibility index (Phi) is 4.98. The molecule has 0 saturated heterocycles. The summed E-state index contributed by atoms with van der Waals surface area (Å²) >= 11 is 0. The minimum absolute atomic E-state index is 0.0614. The molecule has 0 aliphatic rings. The van der Waals surface area contributed by atoms with Crippen molar-refractivity contribution < 1.29 is 4.65 Å². The van der Waals surface area contributed by atoms with Gasteiger partial charge in [-0.05, 0) is 52.7 Å². The Balaban J connectivity index is 2.75. The average Bonchev–Trinajstić information content (AvgIpc) is 2.54. The van der Waals surface area contributed by atoms with Gasteiger partial charge in [0.25, 0.3) is 0 Å². The van der Waals surface area contributed by atoms with E-state index in [1.54, 1.807) is 0 Å². The number of nitrogens with zero attached hydrogens (tertiary/aromatic N) is 5. The van der Waals surface area contributed by atoms with Crippen LogP contribution in [0.1, 0.15) is 45.6 Å². The predicted molar refractivity (Wildman–Crippen MR) is 91.8 cm³/mol. The number of hydrogen-bond donors (Lipinski definition) is 0. The lowest BCUT2D eigenvalue weighted by atomic mass is 10.1. The summed E-state index contributed by atoms with van der Waals surface area (Å²) in [6.07, 6.45) is 0. The predicted octanol–water partition coefficient (Wildman–Crippen LogP) is 2.61. The lowest BCUT2D eigenvalue weighted by Gasteiger charge is -2.12. The van der Waals surface area contributed by atoms with Crippen LogP contribution < -0.4 is 0 Å².